The Kier molecular flexibility index (Phi) is 6.15. The largest absolute Gasteiger partial charge is 0.493 e. The number of carbonyl (C=O) groups is 1. The lowest BCUT2D eigenvalue weighted by Crippen LogP contribution is -2.21. The van der Waals surface area contributed by atoms with Crippen molar-refractivity contribution in [1.82, 2.24) is 0 Å². The molecule has 0 saturated heterocycles. The van der Waals surface area contributed by atoms with Crippen LogP contribution in [0.25, 0.3) is 11.0 Å². The van der Waals surface area contributed by atoms with Gasteiger partial charge in [0, 0.05) is 27.6 Å². The van der Waals surface area contributed by atoms with Gasteiger partial charge in [-0.05, 0) is 48.9 Å². The number of nitriles is 1. The van der Waals surface area contributed by atoms with Gasteiger partial charge in [0.05, 0.1) is 20.1 Å². The smallest absolute Gasteiger partial charge is 0.379 e. The highest BCUT2D eigenvalue weighted by atomic mass is 35.5. The maximum Gasteiger partial charge on any atom is 0.379 e. The molecule has 0 amide bonds. The highest BCUT2D eigenvalue weighted by Gasteiger charge is 2.32. The first-order chi connectivity index (χ1) is 17.8. The zero-order valence-corrected chi connectivity index (χ0v) is 20.9. The van der Waals surface area contributed by atoms with Crippen molar-refractivity contribution in [3.63, 3.8) is 0 Å². The van der Waals surface area contributed by atoms with Gasteiger partial charge < -0.3 is 29.1 Å². The van der Waals surface area contributed by atoms with Gasteiger partial charge in [0.2, 0.25) is 11.6 Å². The Hall–Kier alpha value is -4.61. The molecule has 8 nitrogen and oxygen atoms in total. The van der Waals surface area contributed by atoms with Gasteiger partial charge >= 0.3 is 5.97 Å². The van der Waals surface area contributed by atoms with Crippen molar-refractivity contribution < 1.29 is 28.2 Å². The first-order valence-corrected chi connectivity index (χ1v) is 11.6. The Morgan fingerprint density at radius 3 is 2.57 bits per heavy atom. The van der Waals surface area contributed by atoms with Crippen LogP contribution in [0, 0.1) is 18.3 Å². The summed E-state index contributed by atoms with van der Waals surface area (Å²) in [7, 11) is 3.08. The highest BCUT2D eigenvalue weighted by Crippen LogP contribution is 2.45. The van der Waals surface area contributed by atoms with Gasteiger partial charge in [0.1, 0.15) is 28.7 Å². The highest BCUT2D eigenvalue weighted by molar-refractivity contribution is 6.31. The van der Waals surface area contributed by atoms with Crippen LogP contribution in [0.5, 0.6) is 23.0 Å². The Labute approximate surface area is 217 Å². The predicted octanol–water partition coefficient (Wildman–Crippen LogP) is 5.85. The maximum atomic E-state index is 12.9. The molecule has 5 rings (SSSR count). The zero-order chi connectivity index (χ0) is 26.3. The van der Waals surface area contributed by atoms with E-state index >= 15 is 0 Å². The van der Waals surface area contributed by atoms with E-state index in [9.17, 15) is 10.1 Å². The SMILES string of the molecule is COc1ccc(C2C(C#N)=C(N)Oc3cc(OC(=O)c4oc5ccc(Cl)cc5c4C)ccc32)cc1OC. The molecule has 1 unspecified atom stereocenters. The van der Waals surface area contributed by atoms with Crippen LogP contribution in [0.2, 0.25) is 5.02 Å². The van der Waals surface area contributed by atoms with Crippen molar-refractivity contribution in [2.75, 3.05) is 14.2 Å². The lowest BCUT2D eigenvalue weighted by atomic mass is 9.83. The number of nitrogens with two attached hydrogens (primary N) is 1. The monoisotopic (exact) mass is 516 g/mol. The summed E-state index contributed by atoms with van der Waals surface area (Å²) in [6, 6.07) is 17.5. The molecule has 9 heteroatoms. The molecule has 1 aromatic heterocycles. The third-order valence-electron chi connectivity index (χ3n) is 6.23. The lowest BCUT2D eigenvalue weighted by molar-refractivity contribution is 0.0702. The average Bonchev–Trinajstić information content (AvgIpc) is 3.23. The number of allylic oxidation sites excluding steroid dienone is 1. The van der Waals surface area contributed by atoms with Crippen LogP contribution in [-0.4, -0.2) is 20.2 Å². The van der Waals surface area contributed by atoms with Crippen LogP contribution in [0.15, 0.2) is 70.5 Å². The van der Waals surface area contributed by atoms with E-state index < -0.39 is 11.9 Å². The van der Waals surface area contributed by atoms with Crippen molar-refractivity contribution in [3.05, 3.63) is 93.5 Å². The van der Waals surface area contributed by atoms with Gasteiger partial charge in [-0.1, -0.05) is 23.7 Å². The zero-order valence-electron chi connectivity index (χ0n) is 20.1. The Morgan fingerprint density at radius 2 is 1.84 bits per heavy atom. The van der Waals surface area contributed by atoms with Crippen molar-refractivity contribution in [3.8, 4) is 29.1 Å². The fraction of sp³-hybridized carbons (Fsp3) is 0.143. The van der Waals surface area contributed by atoms with Crippen molar-refractivity contribution >= 4 is 28.5 Å². The third kappa shape index (κ3) is 4.20. The van der Waals surface area contributed by atoms with Crippen LogP contribution in [-0.2, 0) is 0 Å². The molecule has 1 atom stereocenters. The fourth-order valence-corrected chi connectivity index (χ4v) is 4.59. The lowest BCUT2D eigenvalue weighted by Gasteiger charge is -2.27. The molecular weight excluding hydrogens is 496 g/mol. The van der Waals surface area contributed by atoms with Crippen molar-refractivity contribution in [1.29, 1.82) is 5.26 Å². The predicted molar refractivity (Wildman–Crippen MR) is 136 cm³/mol. The second-order valence-corrected chi connectivity index (χ2v) is 8.76. The number of furan rings is 1. The minimum atomic E-state index is -0.668. The standard InChI is InChI=1S/C28H21ClN2O6/c1-14-19-11-16(29)5-9-21(19)36-26(14)28(32)35-17-6-7-18-23(12-17)37-27(31)20(13-30)25(18)15-4-8-22(33-2)24(10-15)34-3/h4-12,25H,31H2,1-3H3. The Balaban J connectivity index is 1.50. The molecule has 186 valence electrons. The number of aryl methyl sites for hydroxylation is 1. The molecule has 0 fully saturated rings. The summed E-state index contributed by atoms with van der Waals surface area (Å²) >= 11 is 6.08. The molecule has 0 radical (unpaired) electrons. The van der Waals surface area contributed by atoms with Crippen LogP contribution in [0.3, 0.4) is 0 Å². The summed E-state index contributed by atoms with van der Waals surface area (Å²) in [5.74, 6) is 0.486. The van der Waals surface area contributed by atoms with E-state index in [1.807, 2.05) is 6.07 Å². The van der Waals surface area contributed by atoms with E-state index in [0.717, 1.165) is 10.9 Å². The molecular formula is C28H21ClN2O6. The van der Waals surface area contributed by atoms with Gasteiger partial charge in [0.15, 0.2) is 11.5 Å². The molecule has 0 aliphatic carbocycles. The number of halogens is 1. The first-order valence-electron chi connectivity index (χ1n) is 11.2. The Morgan fingerprint density at radius 1 is 1.05 bits per heavy atom. The van der Waals surface area contributed by atoms with E-state index in [4.69, 9.17) is 40.7 Å². The number of hydrogen-bond donors (Lipinski definition) is 1. The Bertz CT molecular complexity index is 1630. The van der Waals surface area contributed by atoms with Gasteiger partial charge in [-0.25, -0.2) is 4.79 Å². The molecule has 0 bridgehead atoms. The number of fused-ring (bicyclic) bond motifs is 2. The normalized spacial score (nSPS) is 14.5. The number of methoxy groups -OCH3 is 2. The van der Waals surface area contributed by atoms with Gasteiger partial charge in [-0.3, -0.25) is 0 Å². The molecule has 1 aliphatic heterocycles. The molecule has 2 N–H and O–H groups in total. The number of rotatable bonds is 5. The van der Waals surface area contributed by atoms with E-state index in [0.29, 0.717) is 39.0 Å². The van der Waals surface area contributed by atoms with Gasteiger partial charge in [-0.15, -0.1) is 0 Å². The number of carbonyl (C=O) groups excluding carboxylic acids is 1. The molecule has 2 heterocycles. The minimum Gasteiger partial charge on any atom is -0.493 e. The minimum absolute atomic E-state index is 0.0386. The van der Waals surface area contributed by atoms with Gasteiger partial charge in [0.25, 0.3) is 0 Å². The summed E-state index contributed by atoms with van der Waals surface area (Å²) in [5.41, 5.74) is 8.95. The second kappa shape index (κ2) is 9.45. The summed E-state index contributed by atoms with van der Waals surface area (Å²) in [5, 5.41) is 11.1. The molecule has 0 saturated carbocycles. The summed E-state index contributed by atoms with van der Waals surface area (Å²) in [4.78, 5) is 12.9. The third-order valence-corrected chi connectivity index (χ3v) is 6.46. The molecule has 1 aliphatic rings. The van der Waals surface area contributed by atoms with E-state index in [1.54, 1.807) is 62.6 Å². The number of hydrogen-bond acceptors (Lipinski definition) is 8. The quantitative estimate of drug-likeness (QED) is 0.259. The number of ether oxygens (including phenoxy) is 4. The van der Waals surface area contributed by atoms with Crippen molar-refractivity contribution in [2.24, 2.45) is 5.73 Å². The maximum absolute atomic E-state index is 12.9. The van der Waals surface area contributed by atoms with Crippen LogP contribution < -0.4 is 24.7 Å². The topological polar surface area (TPSA) is 117 Å². The fourth-order valence-electron chi connectivity index (χ4n) is 4.42. The molecule has 3 aromatic carbocycles. The number of esters is 1. The van der Waals surface area contributed by atoms with Crippen LogP contribution in [0.1, 0.15) is 33.2 Å². The average molecular weight is 517 g/mol. The van der Waals surface area contributed by atoms with Crippen molar-refractivity contribution in [2.45, 2.75) is 12.8 Å². The van der Waals surface area contributed by atoms with E-state index in [1.165, 1.54) is 7.11 Å². The summed E-state index contributed by atoms with van der Waals surface area (Å²) in [6.45, 7) is 1.76. The number of nitrogens with zero attached hydrogens (tertiary/aromatic N) is 1. The molecule has 0 spiro atoms. The van der Waals surface area contributed by atoms with E-state index in [-0.39, 0.29) is 23.0 Å². The number of benzene rings is 3. The second-order valence-electron chi connectivity index (χ2n) is 8.33. The molecule has 37 heavy (non-hydrogen) atoms. The molecule has 4 aromatic rings. The van der Waals surface area contributed by atoms with E-state index in [2.05, 4.69) is 6.07 Å². The van der Waals surface area contributed by atoms with Crippen LogP contribution in [0.4, 0.5) is 0 Å². The summed E-state index contributed by atoms with van der Waals surface area (Å²) in [6.07, 6.45) is 0. The first kappa shape index (κ1) is 24.1. The summed E-state index contributed by atoms with van der Waals surface area (Å²) < 4.78 is 27.8. The van der Waals surface area contributed by atoms with Crippen LogP contribution >= 0.6 is 11.6 Å². The van der Waals surface area contributed by atoms with Gasteiger partial charge in [-0.2, -0.15) is 5.26 Å².